The standard InChI is InChI=1S/C21H22N4O6/c1-5-31-20(28)15-9-12(2)22-18-17(15)19(27)25(21(29)24(18)3)11-16(26)23-13-7-6-8-14(10-13)30-4/h6-10H,5,11H2,1-4H3,(H,23,26). The zero-order valence-electron chi connectivity index (χ0n) is 17.6. The number of carbonyl (C=O) groups is 2. The molecule has 162 valence electrons. The van der Waals surface area contributed by atoms with Crippen LogP contribution in [0.2, 0.25) is 0 Å². The van der Waals surface area contributed by atoms with E-state index in [9.17, 15) is 19.2 Å². The number of amides is 1. The van der Waals surface area contributed by atoms with Crippen LogP contribution in [0.5, 0.6) is 5.75 Å². The largest absolute Gasteiger partial charge is 0.497 e. The number of ether oxygens (including phenoxy) is 2. The molecule has 0 saturated carbocycles. The first-order chi connectivity index (χ1) is 14.8. The smallest absolute Gasteiger partial charge is 0.339 e. The van der Waals surface area contributed by atoms with Gasteiger partial charge in [0.1, 0.15) is 17.9 Å². The van der Waals surface area contributed by atoms with Gasteiger partial charge in [-0.25, -0.2) is 14.6 Å². The fourth-order valence-corrected chi connectivity index (χ4v) is 3.16. The van der Waals surface area contributed by atoms with Crippen LogP contribution in [-0.2, 0) is 23.1 Å². The summed E-state index contributed by atoms with van der Waals surface area (Å²) in [6, 6.07) is 8.07. The van der Waals surface area contributed by atoms with Crippen LogP contribution in [0.4, 0.5) is 5.69 Å². The average molecular weight is 426 g/mol. The number of carbonyl (C=O) groups excluding carboxylic acids is 2. The number of benzene rings is 1. The molecule has 0 aliphatic carbocycles. The molecule has 0 aliphatic heterocycles. The van der Waals surface area contributed by atoms with Crippen LogP contribution in [0.15, 0.2) is 39.9 Å². The highest BCUT2D eigenvalue weighted by Crippen LogP contribution is 2.17. The molecule has 0 fully saturated rings. The van der Waals surface area contributed by atoms with E-state index in [4.69, 9.17) is 9.47 Å². The van der Waals surface area contributed by atoms with Crippen molar-refractivity contribution in [2.75, 3.05) is 19.0 Å². The molecule has 0 saturated heterocycles. The second-order valence-corrected chi connectivity index (χ2v) is 6.74. The summed E-state index contributed by atoms with van der Waals surface area (Å²) in [5.74, 6) is -0.761. The Balaban J connectivity index is 2.08. The molecule has 0 unspecified atom stereocenters. The van der Waals surface area contributed by atoms with Crippen LogP contribution in [0, 0.1) is 6.92 Å². The van der Waals surface area contributed by atoms with E-state index >= 15 is 0 Å². The van der Waals surface area contributed by atoms with E-state index in [2.05, 4.69) is 10.3 Å². The number of rotatable bonds is 6. The fourth-order valence-electron chi connectivity index (χ4n) is 3.16. The number of hydrogen-bond donors (Lipinski definition) is 1. The molecule has 1 amide bonds. The minimum Gasteiger partial charge on any atom is -0.497 e. The highest BCUT2D eigenvalue weighted by Gasteiger charge is 2.22. The Hall–Kier alpha value is -3.95. The molecule has 31 heavy (non-hydrogen) atoms. The number of methoxy groups -OCH3 is 1. The Bertz CT molecular complexity index is 1290. The van der Waals surface area contributed by atoms with Crippen molar-refractivity contribution in [3.05, 3.63) is 62.4 Å². The van der Waals surface area contributed by atoms with Gasteiger partial charge in [-0.3, -0.25) is 18.7 Å². The number of aromatic nitrogens is 3. The van der Waals surface area contributed by atoms with Gasteiger partial charge in [0.15, 0.2) is 0 Å². The highest BCUT2D eigenvalue weighted by atomic mass is 16.5. The number of esters is 1. The van der Waals surface area contributed by atoms with Gasteiger partial charge in [-0.15, -0.1) is 0 Å². The molecule has 0 spiro atoms. The van der Waals surface area contributed by atoms with E-state index in [-0.39, 0.29) is 23.2 Å². The van der Waals surface area contributed by atoms with Gasteiger partial charge in [0, 0.05) is 24.5 Å². The van der Waals surface area contributed by atoms with Crippen molar-refractivity contribution in [1.82, 2.24) is 14.1 Å². The van der Waals surface area contributed by atoms with E-state index in [1.165, 1.54) is 20.2 Å². The van der Waals surface area contributed by atoms with Crippen LogP contribution in [0.25, 0.3) is 11.0 Å². The number of anilines is 1. The predicted octanol–water partition coefficient (Wildman–Crippen LogP) is 1.23. The van der Waals surface area contributed by atoms with E-state index in [0.717, 1.165) is 9.13 Å². The Morgan fingerprint density at radius 2 is 1.94 bits per heavy atom. The van der Waals surface area contributed by atoms with Crippen molar-refractivity contribution in [2.45, 2.75) is 20.4 Å². The number of nitrogens with zero attached hydrogens (tertiary/aromatic N) is 3. The summed E-state index contributed by atoms with van der Waals surface area (Å²) in [5, 5.41) is 2.54. The lowest BCUT2D eigenvalue weighted by molar-refractivity contribution is -0.116. The third kappa shape index (κ3) is 4.32. The first-order valence-corrected chi connectivity index (χ1v) is 9.49. The Morgan fingerprint density at radius 1 is 1.19 bits per heavy atom. The molecule has 0 atom stereocenters. The molecule has 2 aromatic heterocycles. The average Bonchev–Trinajstić information content (AvgIpc) is 2.74. The van der Waals surface area contributed by atoms with Gasteiger partial charge in [-0.2, -0.15) is 0 Å². The normalized spacial score (nSPS) is 10.7. The van der Waals surface area contributed by atoms with Crippen LogP contribution in [0.3, 0.4) is 0 Å². The van der Waals surface area contributed by atoms with E-state index in [1.54, 1.807) is 38.1 Å². The zero-order valence-corrected chi connectivity index (χ0v) is 17.6. The SMILES string of the molecule is CCOC(=O)c1cc(C)nc2c1c(=O)n(CC(=O)Nc1cccc(OC)c1)c(=O)n2C. The van der Waals surface area contributed by atoms with E-state index in [0.29, 0.717) is 17.1 Å². The lowest BCUT2D eigenvalue weighted by Gasteiger charge is -2.13. The molecule has 0 bridgehead atoms. The first-order valence-electron chi connectivity index (χ1n) is 9.49. The molecule has 0 radical (unpaired) electrons. The Morgan fingerprint density at radius 3 is 2.61 bits per heavy atom. The van der Waals surface area contributed by atoms with Crippen molar-refractivity contribution in [2.24, 2.45) is 7.05 Å². The van der Waals surface area contributed by atoms with Crippen LogP contribution < -0.4 is 21.3 Å². The van der Waals surface area contributed by atoms with Crippen molar-refractivity contribution in [3.63, 3.8) is 0 Å². The van der Waals surface area contributed by atoms with Gasteiger partial charge in [-0.1, -0.05) is 6.07 Å². The van der Waals surface area contributed by atoms with E-state index in [1.807, 2.05) is 0 Å². The molecule has 3 aromatic rings. The van der Waals surface area contributed by atoms with Crippen molar-refractivity contribution in [3.8, 4) is 5.75 Å². The van der Waals surface area contributed by atoms with Gasteiger partial charge < -0.3 is 14.8 Å². The highest BCUT2D eigenvalue weighted by molar-refractivity contribution is 6.02. The van der Waals surface area contributed by atoms with Gasteiger partial charge in [0.05, 0.1) is 24.7 Å². The minimum atomic E-state index is -0.797. The number of hydrogen-bond acceptors (Lipinski definition) is 7. The summed E-state index contributed by atoms with van der Waals surface area (Å²) in [7, 11) is 2.91. The van der Waals surface area contributed by atoms with Crippen LogP contribution in [-0.4, -0.2) is 39.7 Å². The maximum Gasteiger partial charge on any atom is 0.339 e. The van der Waals surface area contributed by atoms with Gasteiger partial charge in [0.25, 0.3) is 5.56 Å². The van der Waals surface area contributed by atoms with Gasteiger partial charge in [0.2, 0.25) is 5.91 Å². The monoisotopic (exact) mass is 426 g/mol. The fraction of sp³-hybridized carbons (Fsp3) is 0.286. The number of pyridine rings is 1. The molecule has 1 N–H and O–H groups in total. The van der Waals surface area contributed by atoms with Crippen molar-refractivity contribution < 1.29 is 19.1 Å². The lowest BCUT2D eigenvalue weighted by Crippen LogP contribution is -2.42. The van der Waals surface area contributed by atoms with Crippen LogP contribution in [0.1, 0.15) is 23.0 Å². The Labute approximate surface area is 177 Å². The molecule has 0 aliphatic rings. The first kappa shape index (κ1) is 21.8. The summed E-state index contributed by atoms with van der Waals surface area (Å²) in [6.07, 6.45) is 0. The summed E-state index contributed by atoms with van der Waals surface area (Å²) in [4.78, 5) is 55.1. The number of aryl methyl sites for hydroxylation is 2. The molecule has 10 heteroatoms. The maximum atomic E-state index is 13.1. The summed E-state index contributed by atoms with van der Waals surface area (Å²) in [5.41, 5.74) is -0.604. The molecule has 1 aromatic carbocycles. The quantitative estimate of drug-likeness (QED) is 0.588. The Kier molecular flexibility index (Phi) is 6.19. The number of fused-ring (bicyclic) bond motifs is 1. The third-order valence-electron chi connectivity index (χ3n) is 4.57. The van der Waals surface area contributed by atoms with Gasteiger partial charge in [-0.05, 0) is 32.0 Å². The molecule has 3 rings (SSSR count). The van der Waals surface area contributed by atoms with Crippen molar-refractivity contribution >= 4 is 28.6 Å². The number of nitrogens with one attached hydrogen (secondary N) is 1. The zero-order chi connectivity index (χ0) is 22.7. The minimum absolute atomic E-state index is 0.00750. The molecule has 10 nitrogen and oxygen atoms in total. The van der Waals surface area contributed by atoms with Crippen molar-refractivity contribution in [1.29, 1.82) is 0 Å². The predicted molar refractivity (Wildman–Crippen MR) is 114 cm³/mol. The van der Waals surface area contributed by atoms with E-state index < -0.39 is 29.7 Å². The molecule has 2 heterocycles. The third-order valence-corrected chi connectivity index (χ3v) is 4.57. The summed E-state index contributed by atoms with van der Waals surface area (Å²) >= 11 is 0. The lowest BCUT2D eigenvalue weighted by atomic mass is 10.1. The maximum absolute atomic E-state index is 13.1. The van der Waals surface area contributed by atoms with Gasteiger partial charge >= 0.3 is 11.7 Å². The summed E-state index contributed by atoms with van der Waals surface area (Å²) < 4.78 is 12.0. The topological polar surface area (TPSA) is 122 Å². The van der Waals surface area contributed by atoms with Crippen LogP contribution >= 0.6 is 0 Å². The molecular formula is C21H22N4O6. The second-order valence-electron chi connectivity index (χ2n) is 6.74. The molecular weight excluding hydrogens is 404 g/mol. The summed E-state index contributed by atoms with van der Waals surface area (Å²) in [6.45, 7) is 2.85. The second kappa shape index (κ2) is 8.82.